The molecule has 2 rings (SSSR count). The van der Waals surface area contributed by atoms with E-state index in [4.69, 9.17) is 5.11 Å². The molecule has 2 N–H and O–H groups in total. The van der Waals surface area contributed by atoms with Crippen molar-refractivity contribution in [2.45, 2.75) is 20.5 Å². The highest BCUT2D eigenvalue weighted by atomic mass is 16.3. The summed E-state index contributed by atoms with van der Waals surface area (Å²) in [5.74, 6) is 0. The molecule has 0 atom stereocenters. The molecule has 0 aliphatic rings. The second-order valence-electron chi connectivity index (χ2n) is 2.56. The highest BCUT2D eigenvalue weighted by molar-refractivity contribution is 5.79. The molecule has 0 radical (unpaired) electrons. The summed E-state index contributed by atoms with van der Waals surface area (Å²) in [6.45, 7) is 4.11. The van der Waals surface area contributed by atoms with Crippen molar-refractivity contribution < 1.29 is 5.11 Å². The molecule has 0 spiro atoms. The van der Waals surface area contributed by atoms with Gasteiger partial charge >= 0.3 is 0 Å². The summed E-state index contributed by atoms with van der Waals surface area (Å²) >= 11 is 0. The van der Waals surface area contributed by atoms with Gasteiger partial charge in [-0.1, -0.05) is 26.0 Å². The third-order valence-electron chi connectivity index (χ3n) is 1.80. The summed E-state index contributed by atoms with van der Waals surface area (Å²) in [6.07, 6.45) is 1.89. The Labute approximate surface area is 78.2 Å². The third-order valence-corrected chi connectivity index (χ3v) is 1.80. The van der Waals surface area contributed by atoms with Gasteiger partial charge in [-0.25, -0.2) is 0 Å². The maximum absolute atomic E-state index is 8.82. The molecule has 1 aromatic heterocycles. The molecule has 2 nitrogen and oxygen atoms in total. The van der Waals surface area contributed by atoms with Crippen molar-refractivity contribution in [1.29, 1.82) is 0 Å². The van der Waals surface area contributed by atoms with Gasteiger partial charge in [-0.05, 0) is 23.1 Å². The van der Waals surface area contributed by atoms with Crippen LogP contribution in [0.15, 0.2) is 30.5 Å². The molecular formula is C11H15NO. The minimum absolute atomic E-state index is 0.106. The third kappa shape index (κ3) is 2.10. The summed E-state index contributed by atoms with van der Waals surface area (Å²) < 4.78 is 0. The van der Waals surface area contributed by atoms with Crippen LogP contribution in [-0.2, 0) is 6.61 Å². The number of hydrogen-bond acceptors (Lipinski definition) is 1. The number of aromatic amines is 1. The summed E-state index contributed by atoms with van der Waals surface area (Å²) in [5, 5.41) is 10.0. The Balaban J connectivity index is 0.000000396. The number of H-pyrrole nitrogens is 1. The van der Waals surface area contributed by atoms with Crippen LogP contribution < -0.4 is 0 Å². The second kappa shape index (κ2) is 4.67. The lowest BCUT2D eigenvalue weighted by atomic mass is 10.2. The molecule has 0 aliphatic heterocycles. The summed E-state index contributed by atoms with van der Waals surface area (Å²) in [6, 6.07) is 7.89. The minimum Gasteiger partial charge on any atom is -0.392 e. The number of aliphatic hydroxyl groups is 1. The van der Waals surface area contributed by atoms with E-state index >= 15 is 0 Å². The van der Waals surface area contributed by atoms with Gasteiger partial charge in [-0.15, -0.1) is 0 Å². The molecule has 0 aliphatic carbocycles. The molecule has 0 bridgehead atoms. The average molecular weight is 177 g/mol. The van der Waals surface area contributed by atoms with Crippen LogP contribution >= 0.6 is 0 Å². The molecule has 2 aromatic rings. The van der Waals surface area contributed by atoms with Gasteiger partial charge in [0.2, 0.25) is 0 Å². The fourth-order valence-electron chi connectivity index (χ4n) is 1.19. The van der Waals surface area contributed by atoms with E-state index in [2.05, 4.69) is 4.98 Å². The molecule has 0 saturated heterocycles. The van der Waals surface area contributed by atoms with Crippen molar-refractivity contribution in [3.8, 4) is 0 Å². The SMILES string of the molecule is CC.OCc1ccc2cc[nH]c2c1. The van der Waals surface area contributed by atoms with E-state index in [1.165, 1.54) is 5.39 Å². The molecular weight excluding hydrogens is 162 g/mol. The van der Waals surface area contributed by atoms with Gasteiger partial charge in [-0.3, -0.25) is 0 Å². The van der Waals surface area contributed by atoms with Crippen molar-refractivity contribution in [3.63, 3.8) is 0 Å². The fourth-order valence-corrected chi connectivity index (χ4v) is 1.19. The first-order valence-electron chi connectivity index (χ1n) is 4.57. The zero-order valence-corrected chi connectivity index (χ0v) is 8.04. The van der Waals surface area contributed by atoms with Crippen LogP contribution in [0.4, 0.5) is 0 Å². The first-order chi connectivity index (χ1) is 6.40. The summed E-state index contributed by atoms with van der Waals surface area (Å²) in [5.41, 5.74) is 2.02. The standard InChI is InChI=1S/C9H9NO.C2H6/c11-6-7-1-2-8-3-4-10-9(8)5-7;1-2/h1-5,10-11H,6H2;1-2H3. The number of hydrogen-bond donors (Lipinski definition) is 2. The number of benzene rings is 1. The van der Waals surface area contributed by atoms with Crippen molar-refractivity contribution >= 4 is 10.9 Å². The van der Waals surface area contributed by atoms with Crippen LogP contribution in [0.5, 0.6) is 0 Å². The lowest BCUT2D eigenvalue weighted by molar-refractivity contribution is 0.282. The van der Waals surface area contributed by atoms with Gasteiger partial charge in [0.1, 0.15) is 0 Å². The topological polar surface area (TPSA) is 36.0 Å². The molecule has 70 valence electrons. The Hall–Kier alpha value is -1.28. The predicted molar refractivity (Wildman–Crippen MR) is 55.6 cm³/mol. The molecule has 0 saturated carbocycles. The maximum atomic E-state index is 8.82. The van der Waals surface area contributed by atoms with Crippen molar-refractivity contribution in [2.75, 3.05) is 0 Å². The monoisotopic (exact) mass is 177 g/mol. The number of fused-ring (bicyclic) bond motifs is 1. The number of nitrogens with one attached hydrogen (secondary N) is 1. The van der Waals surface area contributed by atoms with Gasteiger partial charge in [0.25, 0.3) is 0 Å². The molecule has 0 unspecified atom stereocenters. The van der Waals surface area contributed by atoms with Gasteiger partial charge in [0.05, 0.1) is 6.61 Å². The van der Waals surface area contributed by atoms with Crippen molar-refractivity contribution in [1.82, 2.24) is 4.98 Å². The van der Waals surface area contributed by atoms with E-state index in [-0.39, 0.29) is 6.61 Å². The van der Waals surface area contributed by atoms with Gasteiger partial charge < -0.3 is 10.1 Å². The van der Waals surface area contributed by atoms with Crippen LogP contribution in [0.25, 0.3) is 10.9 Å². The van der Waals surface area contributed by atoms with Gasteiger partial charge in [-0.2, -0.15) is 0 Å². The lowest BCUT2D eigenvalue weighted by Crippen LogP contribution is -1.80. The van der Waals surface area contributed by atoms with E-state index in [1.807, 2.05) is 44.3 Å². The second-order valence-corrected chi connectivity index (χ2v) is 2.56. The number of rotatable bonds is 1. The molecule has 0 fully saturated rings. The molecule has 2 heteroatoms. The molecule has 1 heterocycles. The van der Waals surface area contributed by atoms with E-state index in [1.54, 1.807) is 0 Å². The molecule has 0 amide bonds. The number of aliphatic hydroxyl groups excluding tert-OH is 1. The summed E-state index contributed by atoms with van der Waals surface area (Å²) in [7, 11) is 0. The molecule has 1 aromatic carbocycles. The van der Waals surface area contributed by atoms with Crippen LogP contribution in [0, 0.1) is 0 Å². The highest BCUT2D eigenvalue weighted by Gasteiger charge is 1.94. The Morgan fingerprint density at radius 2 is 2.00 bits per heavy atom. The Morgan fingerprint density at radius 1 is 1.23 bits per heavy atom. The smallest absolute Gasteiger partial charge is 0.0682 e. The maximum Gasteiger partial charge on any atom is 0.0682 e. The Bertz CT molecular complexity index is 365. The lowest BCUT2D eigenvalue weighted by Gasteiger charge is -1.94. The van der Waals surface area contributed by atoms with E-state index in [0.29, 0.717) is 0 Å². The van der Waals surface area contributed by atoms with Crippen LogP contribution in [-0.4, -0.2) is 10.1 Å². The zero-order chi connectivity index (χ0) is 9.68. The zero-order valence-electron chi connectivity index (χ0n) is 8.04. The van der Waals surface area contributed by atoms with Crippen LogP contribution in [0.3, 0.4) is 0 Å². The minimum atomic E-state index is 0.106. The normalized spacial score (nSPS) is 9.46. The highest BCUT2D eigenvalue weighted by Crippen LogP contribution is 2.13. The predicted octanol–water partition coefficient (Wildman–Crippen LogP) is 2.69. The van der Waals surface area contributed by atoms with E-state index in [0.717, 1.165) is 11.1 Å². The average Bonchev–Trinajstić information content (AvgIpc) is 2.67. The number of aromatic nitrogens is 1. The largest absolute Gasteiger partial charge is 0.392 e. The van der Waals surface area contributed by atoms with Crippen LogP contribution in [0.2, 0.25) is 0 Å². The van der Waals surface area contributed by atoms with Crippen molar-refractivity contribution in [3.05, 3.63) is 36.0 Å². The summed E-state index contributed by atoms with van der Waals surface area (Å²) in [4.78, 5) is 3.08. The molecule has 13 heavy (non-hydrogen) atoms. The van der Waals surface area contributed by atoms with Crippen LogP contribution in [0.1, 0.15) is 19.4 Å². The van der Waals surface area contributed by atoms with E-state index < -0.39 is 0 Å². The fraction of sp³-hybridized carbons (Fsp3) is 0.273. The van der Waals surface area contributed by atoms with Crippen molar-refractivity contribution in [2.24, 2.45) is 0 Å². The Kier molecular flexibility index (Phi) is 3.53. The van der Waals surface area contributed by atoms with E-state index in [9.17, 15) is 0 Å². The van der Waals surface area contributed by atoms with Gasteiger partial charge in [0, 0.05) is 11.7 Å². The first-order valence-corrected chi connectivity index (χ1v) is 4.57. The quantitative estimate of drug-likeness (QED) is 0.690. The first kappa shape index (κ1) is 9.81. The van der Waals surface area contributed by atoms with Gasteiger partial charge in [0.15, 0.2) is 0 Å². The Morgan fingerprint density at radius 3 is 2.69 bits per heavy atom.